The van der Waals surface area contributed by atoms with Gasteiger partial charge < -0.3 is 14.8 Å². The first-order valence-electron chi connectivity index (χ1n) is 7.75. The summed E-state index contributed by atoms with van der Waals surface area (Å²) in [6.45, 7) is 2.00. The number of nitrogens with one attached hydrogen (secondary N) is 3. The molecule has 0 aromatic heterocycles. The average molecular weight is 343 g/mol. The minimum atomic E-state index is -0.538. The van der Waals surface area contributed by atoms with E-state index in [1.165, 1.54) is 14.2 Å². The summed E-state index contributed by atoms with van der Waals surface area (Å²) in [6.07, 6.45) is 0.784. The molecule has 0 saturated carbocycles. The van der Waals surface area contributed by atoms with E-state index < -0.39 is 11.9 Å². The minimum absolute atomic E-state index is 0.297. The molecular weight excluding hydrogens is 322 g/mol. The largest absolute Gasteiger partial charge is 0.497 e. The van der Waals surface area contributed by atoms with E-state index in [0.717, 1.165) is 12.0 Å². The van der Waals surface area contributed by atoms with E-state index in [2.05, 4.69) is 16.2 Å². The number of hydrogen-bond acceptors (Lipinski definition) is 4. The highest BCUT2D eigenvalue weighted by Gasteiger charge is 2.11. The van der Waals surface area contributed by atoms with Crippen LogP contribution in [0.25, 0.3) is 0 Å². The Morgan fingerprint density at radius 2 is 1.60 bits per heavy atom. The first-order chi connectivity index (χ1) is 12.1. The number of urea groups is 1. The zero-order chi connectivity index (χ0) is 18.2. The molecule has 0 unspecified atom stereocenters. The zero-order valence-electron chi connectivity index (χ0n) is 14.4. The molecule has 3 N–H and O–H groups in total. The Morgan fingerprint density at radius 1 is 0.960 bits per heavy atom. The van der Waals surface area contributed by atoms with Gasteiger partial charge >= 0.3 is 6.03 Å². The van der Waals surface area contributed by atoms with Crippen molar-refractivity contribution in [2.24, 2.45) is 0 Å². The highest BCUT2D eigenvalue weighted by molar-refractivity contribution is 5.97. The number of methoxy groups -OCH3 is 2. The molecule has 7 heteroatoms. The molecule has 0 fully saturated rings. The van der Waals surface area contributed by atoms with Crippen LogP contribution >= 0.6 is 0 Å². The van der Waals surface area contributed by atoms with Crippen molar-refractivity contribution in [3.8, 4) is 11.5 Å². The molecule has 7 nitrogen and oxygen atoms in total. The number of hydrogen-bond donors (Lipinski definition) is 3. The summed E-state index contributed by atoms with van der Waals surface area (Å²) in [6, 6.07) is 11.7. The number of hydrazine groups is 1. The number of para-hydroxylation sites is 1. The zero-order valence-corrected chi connectivity index (χ0v) is 14.4. The van der Waals surface area contributed by atoms with E-state index in [0.29, 0.717) is 22.7 Å². The Bertz CT molecular complexity index is 739. The van der Waals surface area contributed by atoms with Crippen LogP contribution in [-0.4, -0.2) is 26.2 Å². The molecule has 3 amide bonds. The van der Waals surface area contributed by atoms with E-state index in [4.69, 9.17) is 9.47 Å². The number of anilines is 1. The first kappa shape index (κ1) is 18.1. The molecule has 0 aliphatic rings. The highest BCUT2D eigenvalue weighted by Crippen LogP contribution is 2.22. The average Bonchev–Trinajstić information content (AvgIpc) is 2.65. The Balaban J connectivity index is 1.98. The van der Waals surface area contributed by atoms with Crippen molar-refractivity contribution in [1.82, 2.24) is 10.9 Å². The standard InChI is InChI=1S/C18H21N3O4/c1-4-12-7-5-6-8-16(12)19-18(23)21-20-17(22)13-9-14(24-2)11-15(10-13)25-3/h5-11H,4H2,1-3H3,(H,20,22)(H2,19,21,23). The van der Waals surface area contributed by atoms with Gasteiger partial charge in [-0.05, 0) is 30.2 Å². The van der Waals surface area contributed by atoms with E-state index in [1.807, 2.05) is 25.1 Å². The molecule has 0 radical (unpaired) electrons. The lowest BCUT2D eigenvalue weighted by atomic mass is 10.1. The second-order valence-corrected chi connectivity index (χ2v) is 5.15. The van der Waals surface area contributed by atoms with Gasteiger partial charge in [0.05, 0.1) is 14.2 Å². The van der Waals surface area contributed by atoms with E-state index >= 15 is 0 Å². The third-order valence-electron chi connectivity index (χ3n) is 3.55. The number of carbonyl (C=O) groups is 2. The lowest BCUT2D eigenvalue weighted by Gasteiger charge is -2.12. The van der Waals surface area contributed by atoms with Crippen LogP contribution in [0.2, 0.25) is 0 Å². The van der Waals surface area contributed by atoms with Crippen molar-refractivity contribution >= 4 is 17.6 Å². The molecule has 2 aromatic carbocycles. The van der Waals surface area contributed by atoms with Gasteiger partial charge in [-0.3, -0.25) is 10.2 Å². The van der Waals surface area contributed by atoms with Crippen LogP contribution in [0, 0.1) is 0 Å². The quantitative estimate of drug-likeness (QED) is 0.728. The van der Waals surface area contributed by atoms with Gasteiger partial charge in [-0.1, -0.05) is 25.1 Å². The van der Waals surface area contributed by atoms with Crippen LogP contribution in [0.15, 0.2) is 42.5 Å². The summed E-state index contributed by atoms with van der Waals surface area (Å²) in [5, 5.41) is 2.70. The Labute approximate surface area is 146 Å². The molecule has 0 saturated heterocycles. The molecule has 25 heavy (non-hydrogen) atoms. The summed E-state index contributed by atoms with van der Waals surface area (Å²) < 4.78 is 10.2. The van der Waals surface area contributed by atoms with Gasteiger partial charge in [0.2, 0.25) is 0 Å². The number of aryl methyl sites for hydroxylation is 1. The monoisotopic (exact) mass is 343 g/mol. The summed E-state index contributed by atoms with van der Waals surface area (Å²) >= 11 is 0. The van der Waals surface area contributed by atoms with E-state index in [-0.39, 0.29) is 0 Å². The smallest absolute Gasteiger partial charge is 0.337 e. The lowest BCUT2D eigenvalue weighted by molar-refractivity contribution is 0.0937. The fraction of sp³-hybridized carbons (Fsp3) is 0.222. The SMILES string of the molecule is CCc1ccccc1NC(=O)NNC(=O)c1cc(OC)cc(OC)c1. The molecule has 0 aliphatic heterocycles. The van der Waals surface area contributed by atoms with Crippen LogP contribution in [0.5, 0.6) is 11.5 Å². The topological polar surface area (TPSA) is 88.7 Å². The van der Waals surface area contributed by atoms with Crippen molar-refractivity contribution < 1.29 is 19.1 Å². The van der Waals surface area contributed by atoms with Gasteiger partial charge in [-0.25, -0.2) is 10.2 Å². The third-order valence-corrected chi connectivity index (χ3v) is 3.55. The molecule has 0 atom stereocenters. The Kier molecular flexibility index (Phi) is 6.22. The number of rotatable bonds is 5. The minimum Gasteiger partial charge on any atom is -0.497 e. The number of amides is 3. The molecule has 2 aromatic rings. The molecule has 0 aliphatic carbocycles. The maximum Gasteiger partial charge on any atom is 0.337 e. The fourth-order valence-corrected chi connectivity index (χ4v) is 2.23. The second-order valence-electron chi connectivity index (χ2n) is 5.15. The molecule has 0 spiro atoms. The predicted octanol–water partition coefficient (Wildman–Crippen LogP) is 2.73. The summed E-state index contributed by atoms with van der Waals surface area (Å²) in [5.74, 6) is 0.466. The summed E-state index contributed by atoms with van der Waals surface area (Å²) in [7, 11) is 2.99. The van der Waals surface area contributed by atoms with Crippen LogP contribution < -0.4 is 25.6 Å². The molecule has 0 bridgehead atoms. The lowest BCUT2D eigenvalue weighted by Crippen LogP contribution is -2.44. The van der Waals surface area contributed by atoms with Gasteiger partial charge in [0, 0.05) is 17.3 Å². The maximum atomic E-state index is 12.2. The molecular formula is C18H21N3O4. The number of ether oxygens (including phenoxy) is 2. The maximum absolute atomic E-state index is 12.2. The first-order valence-corrected chi connectivity index (χ1v) is 7.75. The second kappa shape index (κ2) is 8.58. The van der Waals surface area contributed by atoms with E-state index in [1.54, 1.807) is 24.3 Å². The van der Waals surface area contributed by atoms with Gasteiger partial charge in [0.1, 0.15) is 11.5 Å². The fourth-order valence-electron chi connectivity index (χ4n) is 2.23. The molecule has 0 heterocycles. The van der Waals surface area contributed by atoms with Gasteiger partial charge in [0.15, 0.2) is 0 Å². The van der Waals surface area contributed by atoms with Crippen molar-refractivity contribution in [2.45, 2.75) is 13.3 Å². The Hall–Kier alpha value is -3.22. The van der Waals surface area contributed by atoms with Gasteiger partial charge in [0.25, 0.3) is 5.91 Å². The Morgan fingerprint density at radius 3 is 2.20 bits per heavy atom. The van der Waals surface area contributed by atoms with Crippen molar-refractivity contribution in [1.29, 1.82) is 0 Å². The normalized spacial score (nSPS) is 9.88. The number of benzene rings is 2. The van der Waals surface area contributed by atoms with Crippen LogP contribution in [-0.2, 0) is 6.42 Å². The number of carbonyl (C=O) groups excluding carboxylic acids is 2. The van der Waals surface area contributed by atoms with Crippen LogP contribution in [0.4, 0.5) is 10.5 Å². The van der Waals surface area contributed by atoms with Crippen molar-refractivity contribution in [3.05, 3.63) is 53.6 Å². The van der Waals surface area contributed by atoms with Gasteiger partial charge in [-0.15, -0.1) is 0 Å². The van der Waals surface area contributed by atoms with Gasteiger partial charge in [-0.2, -0.15) is 0 Å². The van der Waals surface area contributed by atoms with Crippen LogP contribution in [0.1, 0.15) is 22.8 Å². The van der Waals surface area contributed by atoms with Crippen molar-refractivity contribution in [3.63, 3.8) is 0 Å². The molecule has 132 valence electrons. The highest BCUT2D eigenvalue weighted by atomic mass is 16.5. The summed E-state index contributed by atoms with van der Waals surface area (Å²) in [4.78, 5) is 24.2. The predicted molar refractivity (Wildman–Crippen MR) is 95.0 cm³/mol. The third kappa shape index (κ3) is 4.87. The molecule has 2 rings (SSSR count). The van der Waals surface area contributed by atoms with Crippen LogP contribution in [0.3, 0.4) is 0 Å². The van der Waals surface area contributed by atoms with E-state index in [9.17, 15) is 9.59 Å². The summed E-state index contributed by atoms with van der Waals surface area (Å²) in [5.41, 5.74) is 6.66. The van der Waals surface area contributed by atoms with Crippen molar-refractivity contribution in [2.75, 3.05) is 19.5 Å².